The van der Waals surface area contributed by atoms with Crippen LogP contribution in [0.25, 0.3) is 10.8 Å². The highest BCUT2D eigenvalue weighted by Crippen LogP contribution is 2.29. The number of hydrogen-bond acceptors (Lipinski definition) is 4. The Labute approximate surface area is 131 Å². The molecule has 0 radical (unpaired) electrons. The zero-order valence-corrected chi connectivity index (χ0v) is 12.1. The van der Waals surface area contributed by atoms with Gasteiger partial charge in [0.05, 0.1) is 5.56 Å². The highest BCUT2D eigenvalue weighted by atomic mass is 35.5. The molecule has 0 bridgehead atoms. The summed E-state index contributed by atoms with van der Waals surface area (Å²) in [6.45, 7) is 0.340. The van der Waals surface area contributed by atoms with Gasteiger partial charge in [0.2, 0.25) is 5.88 Å². The van der Waals surface area contributed by atoms with Gasteiger partial charge < -0.3 is 9.84 Å². The van der Waals surface area contributed by atoms with Gasteiger partial charge in [-0.25, -0.2) is 4.79 Å². The standard InChI is InChI=1S/C16H11ClN2O3/c17-14-13-8-11(16(20)21)6-7-12(13)15(19-18-14)22-9-10-4-2-1-3-5-10/h1-8H,9H2,(H,20,21). The fraction of sp³-hybridized carbons (Fsp3) is 0.0625. The molecular formula is C16H11ClN2O3. The quantitative estimate of drug-likeness (QED) is 0.797. The second-order valence-electron chi connectivity index (χ2n) is 4.64. The molecule has 1 heterocycles. The van der Waals surface area contributed by atoms with E-state index in [4.69, 9.17) is 21.4 Å². The fourth-order valence-corrected chi connectivity index (χ4v) is 2.26. The molecule has 0 fully saturated rings. The molecule has 1 N–H and O–H groups in total. The molecule has 0 saturated heterocycles. The van der Waals surface area contributed by atoms with Crippen LogP contribution in [0.2, 0.25) is 5.15 Å². The zero-order valence-electron chi connectivity index (χ0n) is 11.4. The average molecular weight is 315 g/mol. The van der Waals surface area contributed by atoms with E-state index in [9.17, 15) is 4.79 Å². The second kappa shape index (κ2) is 5.99. The Hall–Kier alpha value is -2.66. The van der Waals surface area contributed by atoms with Crippen LogP contribution in [0.15, 0.2) is 48.5 Å². The van der Waals surface area contributed by atoms with E-state index in [1.54, 1.807) is 6.07 Å². The lowest BCUT2D eigenvalue weighted by molar-refractivity contribution is 0.0697. The van der Waals surface area contributed by atoms with Crippen molar-refractivity contribution in [2.75, 3.05) is 0 Å². The average Bonchev–Trinajstić information content (AvgIpc) is 2.55. The lowest BCUT2D eigenvalue weighted by Gasteiger charge is -2.09. The largest absolute Gasteiger partial charge is 0.478 e. The van der Waals surface area contributed by atoms with Crippen molar-refractivity contribution >= 4 is 28.3 Å². The number of carboxylic acids is 1. The molecule has 1 aromatic heterocycles. The van der Waals surface area contributed by atoms with Crippen molar-refractivity contribution in [1.29, 1.82) is 0 Å². The van der Waals surface area contributed by atoms with E-state index in [2.05, 4.69) is 10.2 Å². The van der Waals surface area contributed by atoms with Gasteiger partial charge in [-0.15, -0.1) is 10.2 Å². The predicted octanol–water partition coefficient (Wildman–Crippen LogP) is 3.56. The second-order valence-corrected chi connectivity index (χ2v) is 4.99. The maximum absolute atomic E-state index is 11.0. The Morgan fingerprint density at radius 2 is 1.86 bits per heavy atom. The number of ether oxygens (including phenoxy) is 1. The molecule has 0 saturated carbocycles. The van der Waals surface area contributed by atoms with E-state index in [1.165, 1.54) is 12.1 Å². The summed E-state index contributed by atoms with van der Waals surface area (Å²) in [7, 11) is 0. The smallest absolute Gasteiger partial charge is 0.335 e. The van der Waals surface area contributed by atoms with Gasteiger partial charge in [0, 0.05) is 10.8 Å². The van der Waals surface area contributed by atoms with Crippen LogP contribution >= 0.6 is 11.6 Å². The molecule has 0 spiro atoms. The van der Waals surface area contributed by atoms with Gasteiger partial charge in [0.1, 0.15) is 6.61 Å². The maximum atomic E-state index is 11.0. The van der Waals surface area contributed by atoms with Crippen molar-refractivity contribution in [3.63, 3.8) is 0 Å². The van der Waals surface area contributed by atoms with E-state index in [1.807, 2.05) is 30.3 Å². The van der Waals surface area contributed by atoms with Crippen LogP contribution in [0.5, 0.6) is 5.88 Å². The Morgan fingerprint density at radius 3 is 2.59 bits per heavy atom. The van der Waals surface area contributed by atoms with Gasteiger partial charge in [-0.2, -0.15) is 0 Å². The Kier molecular flexibility index (Phi) is 3.89. The highest BCUT2D eigenvalue weighted by molar-refractivity contribution is 6.34. The number of carbonyl (C=O) groups is 1. The first-order valence-electron chi connectivity index (χ1n) is 6.51. The topological polar surface area (TPSA) is 72.3 Å². The summed E-state index contributed by atoms with van der Waals surface area (Å²) < 4.78 is 5.68. The molecule has 0 atom stereocenters. The molecule has 0 aliphatic rings. The number of hydrogen-bond donors (Lipinski definition) is 1. The summed E-state index contributed by atoms with van der Waals surface area (Å²) in [4.78, 5) is 11.0. The molecule has 3 rings (SSSR count). The van der Waals surface area contributed by atoms with E-state index < -0.39 is 5.97 Å². The van der Waals surface area contributed by atoms with Crippen molar-refractivity contribution in [3.8, 4) is 5.88 Å². The Balaban J connectivity index is 1.96. The first kappa shape index (κ1) is 14.3. The third kappa shape index (κ3) is 2.84. The van der Waals surface area contributed by atoms with Gasteiger partial charge in [0.25, 0.3) is 0 Å². The summed E-state index contributed by atoms with van der Waals surface area (Å²) >= 11 is 6.00. The Morgan fingerprint density at radius 1 is 1.09 bits per heavy atom. The molecule has 2 aromatic carbocycles. The number of benzene rings is 2. The number of nitrogens with zero attached hydrogens (tertiary/aromatic N) is 2. The third-order valence-electron chi connectivity index (χ3n) is 3.17. The van der Waals surface area contributed by atoms with Gasteiger partial charge >= 0.3 is 5.97 Å². The number of aromatic carboxylic acids is 1. The van der Waals surface area contributed by atoms with E-state index >= 15 is 0 Å². The number of fused-ring (bicyclic) bond motifs is 1. The molecule has 3 aromatic rings. The predicted molar refractivity (Wildman–Crippen MR) is 82.3 cm³/mol. The molecule has 0 amide bonds. The highest BCUT2D eigenvalue weighted by Gasteiger charge is 2.12. The number of aromatic nitrogens is 2. The lowest BCUT2D eigenvalue weighted by Crippen LogP contribution is -2.01. The van der Waals surface area contributed by atoms with Crippen molar-refractivity contribution in [2.45, 2.75) is 6.61 Å². The number of rotatable bonds is 4. The molecule has 0 unspecified atom stereocenters. The van der Waals surface area contributed by atoms with Gasteiger partial charge in [-0.3, -0.25) is 0 Å². The monoisotopic (exact) mass is 314 g/mol. The first-order valence-corrected chi connectivity index (χ1v) is 6.89. The van der Waals surface area contributed by atoms with Crippen molar-refractivity contribution < 1.29 is 14.6 Å². The maximum Gasteiger partial charge on any atom is 0.335 e. The van der Waals surface area contributed by atoms with Crippen LogP contribution in [-0.4, -0.2) is 21.3 Å². The Bertz CT molecular complexity index is 837. The van der Waals surface area contributed by atoms with Crippen LogP contribution in [0.4, 0.5) is 0 Å². The van der Waals surface area contributed by atoms with Crippen LogP contribution < -0.4 is 4.74 Å². The number of halogens is 1. The van der Waals surface area contributed by atoms with Crippen molar-refractivity contribution in [2.24, 2.45) is 0 Å². The van der Waals surface area contributed by atoms with E-state index in [0.29, 0.717) is 23.3 Å². The summed E-state index contributed by atoms with van der Waals surface area (Å²) in [5.74, 6) is -0.707. The van der Waals surface area contributed by atoms with E-state index in [0.717, 1.165) is 5.56 Å². The first-order chi connectivity index (χ1) is 10.6. The minimum Gasteiger partial charge on any atom is -0.478 e. The fourth-order valence-electron chi connectivity index (χ4n) is 2.06. The molecule has 0 aliphatic carbocycles. The van der Waals surface area contributed by atoms with E-state index in [-0.39, 0.29) is 10.7 Å². The lowest BCUT2D eigenvalue weighted by atomic mass is 10.1. The van der Waals surface area contributed by atoms with Crippen LogP contribution in [0, 0.1) is 0 Å². The van der Waals surface area contributed by atoms with Crippen LogP contribution in [-0.2, 0) is 6.61 Å². The summed E-state index contributed by atoms with van der Waals surface area (Å²) in [5, 5.41) is 18.1. The minimum absolute atomic E-state index is 0.136. The summed E-state index contributed by atoms with van der Waals surface area (Å²) in [5.41, 5.74) is 1.13. The SMILES string of the molecule is O=C(O)c1ccc2c(OCc3ccccc3)nnc(Cl)c2c1. The van der Waals surface area contributed by atoms with Gasteiger partial charge in [-0.05, 0) is 23.8 Å². The zero-order chi connectivity index (χ0) is 15.5. The molecule has 6 heteroatoms. The van der Waals surface area contributed by atoms with Crippen LogP contribution in [0.1, 0.15) is 15.9 Å². The summed E-state index contributed by atoms with van der Waals surface area (Å²) in [6.07, 6.45) is 0. The van der Waals surface area contributed by atoms with Gasteiger partial charge in [0.15, 0.2) is 5.15 Å². The molecule has 5 nitrogen and oxygen atoms in total. The third-order valence-corrected chi connectivity index (χ3v) is 3.45. The minimum atomic E-state index is -1.03. The molecule has 0 aliphatic heterocycles. The summed E-state index contributed by atoms with van der Waals surface area (Å²) in [6, 6.07) is 14.2. The van der Waals surface area contributed by atoms with Gasteiger partial charge in [-0.1, -0.05) is 41.9 Å². The molecule has 110 valence electrons. The normalized spacial score (nSPS) is 10.6. The van der Waals surface area contributed by atoms with Crippen molar-refractivity contribution in [3.05, 3.63) is 64.8 Å². The number of carboxylic acid groups (broad SMARTS) is 1. The molecule has 22 heavy (non-hydrogen) atoms. The van der Waals surface area contributed by atoms with Crippen molar-refractivity contribution in [1.82, 2.24) is 10.2 Å². The molecular weight excluding hydrogens is 304 g/mol. The van der Waals surface area contributed by atoms with Crippen LogP contribution in [0.3, 0.4) is 0 Å².